The number of hydrogen-bond acceptors (Lipinski definition) is 1. The van der Waals surface area contributed by atoms with Crippen LogP contribution in [0.4, 0.5) is 0 Å². The summed E-state index contributed by atoms with van der Waals surface area (Å²) in [5.74, 6) is 0. The zero-order valence-electron chi connectivity index (χ0n) is 14.9. The van der Waals surface area contributed by atoms with Crippen LogP contribution in [-0.4, -0.2) is 5.25 Å². The van der Waals surface area contributed by atoms with Gasteiger partial charge in [-0.15, -0.1) is 11.8 Å². The van der Waals surface area contributed by atoms with E-state index in [1.807, 2.05) is 31.8 Å². The van der Waals surface area contributed by atoms with Gasteiger partial charge in [0.15, 0.2) is 6.20 Å². The third-order valence-electron chi connectivity index (χ3n) is 3.00. The molecular formula is C17H22NS+. The molecule has 100 valence electrons. The third kappa shape index (κ3) is 3.38. The van der Waals surface area contributed by atoms with Crippen LogP contribution in [0.2, 0.25) is 0 Å². The van der Waals surface area contributed by atoms with Crippen LogP contribution in [-0.2, 0) is 7.05 Å². The molecule has 1 heterocycles. The number of aromatic nitrogens is 1. The van der Waals surface area contributed by atoms with Crippen molar-refractivity contribution in [1.82, 2.24) is 0 Å². The van der Waals surface area contributed by atoms with Crippen molar-refractivity contribution in [1.29, 1.82) is 0 Å². The topological polar surface area (TPSA) is 3.88 Å². The molecule has 2 aromatic rings. The fraction of sp³-hybridized carbons (Fsp3) is 0.353. The first kappa shape index (κ1) is 10.5. The van der Waals surface area contributed by atoms with Crippen LogP contribution in [0.3, 0.4) is 0 Å². The predicted octanol–water partition coefficient (Wildman–Crippen LogP) is 4.30. The van der Waals surface area contributed by atoms with Crippen molar-refractivity contribution >= 4 is 11.8 Å². The van der Waals surface area contributed by atoms with Gasteiger partial charge < -0.3 is 0 Å². The molecule has 0 N–H and O–H groups in total. The van der Waals surface area contributed by atoms with E-state index >= 15 is 0 Å². The van der Waals surface area contributed by atoms with Crippen molar-refractivity contribution in [3.8, 4) is 11.3 Å². The van der Waals surface area contributed by atoms with Crippen molar-refractivity contribution in [2.24, 2.45) is 7.05 Å². The van der Waals surface area contributed by atoms with Crippen LogP contribution in [0.1, 0.15) is 29.1 Å². The van der Waals surface area contributed by atoms with Crippen LogP contribution in [0.25, 0.3) is 11.3 Å². The van der Waals surface area contributed by atoms with Crippen molar-refractivity contribution in [2.75, 3.05) is 0 Å². The van der Waals surface area contributed by atoms with E-state index in [0.29, 0.717) is 10.8 Å². The molecule has 1 aromatic carbocycles. The van der Waals surface area contributed by atoms with Gasteiger partial charge in [0.1, 0.15) is 7.05 Å². The number of pyridine rings is 1. The van der Waals surface area contributed by atoms with Gasteiger partial charge in [-0.3, -0.25) is 0 Å². The number of nitrogens with zero attached hydrogens (tertiary/aromatic N) is 1. The van der Waals surface area contributed by atoms with E-state index in [9.17, 15) is 0 Å². The summed E-state index contributed by atoms with van der Waals surface area (Å²) in [7, 11) is 2.01. The first-order valence-corrected chi connectivity index (χ1v) is 7.34. The molecule has 0 aliphatic rings. The van der Waals surface area contributed by atoms with Gasteiger partial charge in [-0.1, -0.05) is 31.5 Å². The van der Waals surface area contributed by atoms with Gasteiger partial charge in [0.25, 0.3) is 0 Å². The number of aryl methyl sites for hydroxylation is 3. The normalized spacial score (nSPS) is 14.1. The molecule has 0 bridgehead atoms. The quantitative estimate of drug-likeness (QED) is 0.597. The summed E-state index contributed by atoms with van der Waals surface area (Å²) in [5, 5.41) is 0.527. The minimum Gasteiger partial charge on any atom is -0.201 e. The Balaban J connectivity index is 2.47. The monoisotopic (exact) mass is 275 g/mol. The fourth-order valence-electron chi connectivity index (χ4n) is 2.11. The molecule has 1 aromatic heterocycles. The summed E-state index contributed by atoms with van der Waals surface area (Å²) in [6.45, 7) is 4.26. The summed E-state index contributed by atoms with van der Waals surface area (Å²) in [4.78, 5) is 1.22. The highest BCUT2D eigenvalue weighted by Gasteiger charge is 2.14. The molecule has 0 atom stereocenters. The second-order valence-electron chi connectivity index (χ2n) is 5.05. The molecule has 2 heteroatoms. The minimum atomic E-state index is -2.05. The zero-order valence-corrected chi connectivity index (χ0v) is 12.7. The Morgan fingerprint density at radius 1 is 1.21 bits per heavy atom. The van der Waals surface area contributed by atoms with E-state index in [-0.39, 0.29) is 0 Å². The van der Waals surface area contributed by atoms with Crippen molar-refractivity contribution in [3.63, 3.8) is 0 Å². The molecule has 0 fully saturated rings. The van der Waals surface area contributed by atoms with Gasteiger partial charge in [0, 0.05) is 32.0 Å². The molecule has 0 aliphatic heterocycles. The molecule has 0 unspecified atom stereocenters. The van der Waals surface area contributed by atoms with E-state index < -0.39 is 6.85 Å². The average molecular weight is 275 g/mol. The first-order valence-electron chi connectivity index (χ1n) is 7.96. The maximum atomic E-state index is 7.52. The number of hydrogen-bond donors (Lipinski definition) is 0. The van der Waals surface area contributed by atoms with E-state index in [1.165, 1.54) is 4.90 Å². The maximum Gasteiger partial charge on any atom is 0.213 e. The third-order valence-corrected chi connectivity index (χ3v) is 3.99. The molecule has 1 nitrogen and oxygen atoms in total. The molecule has 19 heavy (non-hydrogen) atoms. The lowest BCUT2D eigenvalue weighted by Gasteiger charge is -2.08. The maximum absolute atomic E-state index is 7.52. The second kappa shape index (κ2) is 5.79. The number of thioether (sulfide) groups is 1. The predicted molar refractivity (Wildman–Crippen MR) is 83.5 cm³/mol. The molecule has 0 aliphatic carbocycles. The Labute approximate surface area is 124 Å². The molecular weight excluding hydrogens is 250 g/mol. The van der Waals surface area contributed by atoms with E-state index in [2.05, 4.69) is 36.7 Å². The Kier molecular flexibility index (Phi) is 3.20. The summed E-state index contributed by atoms with van der Waals surface area (Å²) >= 11 is 1.83. The highest BCUT2D eigenvalue weighted by Crippen LogP contribution is 2.27. The standard InChI is InChI=1S/C17H22NS/c1-12(2)19-15-8-9-18(5)17(11-15)16-7-6-13(3)10-14(16)4/h6-12H,1-5H3/q+1/i3D3. The number of benzene rings is 1. The largest absolute Gasteiger partial charge is 0.213 e. The second-order valence-corrected chi connectivity index (χ2v) is 6.70. The van der Waals surface area contributed by atoms with Crippen LogP contribution in [0.15, 0.2) is 41.4 Å². The Bertz CT molecular complexity index is 678. The molecule has 0 saturated heterocycles. The van der Waals surface area contributed by atoms with Crippen molar-refractivity contribution < 1.29 is 8.68 Å². The van der Waals surface area contributed by atoms with Crippen LogP contribution in [0, 0.1) is 13.8 Å². The summed E-state index contributed by atoms with van der Waals surface area (Å²) < 4.78 is 24.6. The van der Waals surface area contributed by atoms with Gasteiger partial charge in [-0.05, 0) is 25.4 Å². The van der Waals surface area contributed by atoms with E-state index in [0.717, 1.165) is 16.8 Å². The van der Waals surface area contributed by atoms with Crippen LogP contribution in [0.5, 0.6) is 0 Å². The van der Waals surface area contributed by atoms with E-state index in [1.54, 1.807) is 12.1 Å². The molecule has 0 radical (unpaired) electrons. The Morgan fingerprint density at radius 2 is 2.00 bits per heavy atom. The molecule has 0 spiro atoms. The lowest BCUT2D eigenvalue weighted by molar-refractivity contribution is -0.660. The number of rotatable bonds is 3. The lowest BCUT2D eigenvalue weighted by Crippen LogP contribution is -2.30. The molecule has 0 saturated carbocycles. The molecule has 0 amide bonds. The van der Waals surface area contributed by atoms with E-state index in [4.69, 9.17) is 4.11 Å². The summed E-state index contributed by atoms with van der Waals surface area (Å²) in [6, 6.07) is 9.67. The highest BCUT2D eigenvalue weighted by molar-refractivity contribution is 7.99. The van der Waals surface area contributed by atoms with Gasteiger partial charge in [0.2, 0.25) is 5.69 Å². The Morgan fingerprint density at radius 3 is 2.63 bits per heavy atom. The lowest BCUT2D eigenvalue weighted by atomic mass is 10.0. The van der Waals surface area contributed by atoms with Gasteiger partial charge in [-0.25, -0.2) is 4.57 Å². The van der Waals surface area contributed by atoms with Gasteiger partial charge in [0.05, 0.1) is 0 Å². The zero-order chi connectivity index (χ0) is 16.5. The Hall–Kier alpha value is -1.28. The first-order chi connectivity index (χ1) is 10.2. The summed E-state index contributed by atoms with van der Waals surface area (Å²) in [6.07, 6.45) is 2.05. The minimum absolute atomic E-state index is 0.393. The fourth-order valence-corrected chi connectivity index (χ4v) is 2.98. The molecule has 2 rings (SSSR count). The van der Waals surface area contributed by atoms with Gasteiger partial charge in [-0.2, -0.15) is 0 Å². The van der Waals surface area contributed by atoms with Gasteiger partial charge >= 0.3 is 0 Å². The van der Waals surface area contributed by atoms with Crippen molar-refractivity contribution in [2.45, 2.75) is 37.8 Å². The van der Waals surface area contributed by atoms with Crippen LogP contribution >= 0.6 is 11.8 Å². The van der Waals surface area contributed by atoms with Crippen molar-refractivity contribution in [3.05, 3.63) is 47.7 Å². The SMILES string of the molecule is [2H]C([2H])([2H])c1ccc(-c2cc(SC(C)C)cc[n+]2C)c(C)c1. The summed E-state index contributed by atoms with van der Waals surface area (Å²) in [5.41, 5.74) is 3.54. The smallest absolute Gasteiger partial charge is 0.201 e. The van der Waals surface area contributed by atoms with Crippen LogP contribution < -0.4 is 4.57 Å². The average Bonchev–Trinajstić information content (AvgIpc) is 2.39. The highest BCUT2D eigenvalue weighted by atomic mass is 32.2.